The lowest BCUT2D eigenvalue weighted by atomic mass is 10.0. The fourth-order valence-corrected chi connectivity index (χ4v) is 3.08. The minimum Gasteiger partial charge on any atom is -0.358 e. The fraction of sp³-hybridized carbons (Fsp3) is 0.467. The standard InChI is InChI=1S/C15H20FN3.2ClH/c1-11-15(12-4-2-3-5-13(12)18-11)14(10-16)19-8-6-17-7-9-19;;/h2-5,14,17-18H,6-10H2,1H3;2*1H/t14-;;/m1../s1. The maximum atomic E-state index is 13.6. The van der Waals surface area contributed by atoms with Crippen molar-refractivity contribution in [2.75, 3.05) is 32.9 Å². The first-order chi connectivity index (χ1) is 9.31. The Balaban J connectivity index is 0.00000110. The molecule has 0 amide bonds. The second-order valence-corrected chi connectivity index (χ2v) is 5.17. The number of aromatic nitrogens is 1. The van der Waals surface area contributed by atoms with E-state index in [4.69, 9.17) is 0 Å². The first-order valence-electron chi connectivity index (χ1n) is 6.89. The predicted molar refractivity (Wildman–Crippen MR) is 90.7 cm³/mol. The summed E-state index contributed by atoms with van der Waals surface area (Å²) >= 11 is 0. The molecular weight excluding hydrogens is 312 g/mol. The van der Waals surface area contributed by atoms with Crippen LogP contribution in [0.5, 0.6) is 0 Å². The van der Waals surface area contributed by atoms with Crippen LogP contribution in [0.3, 0.4) is 0 Å². The number of benzene rings is 1. The van der Waals surface area contributed by atoms with Crippen molar-refractivity contribution in [1.29, 1.82) is 0 Å². The molecule has 0 spiro atoms. The quantitative estimate of drug-likeness (QED) is 0.903. The van der Waals surface area contributed by atoms with Gasteiger partial charge >= 0.3 is 0 Å². The normalized spacial score (nSPS) is 17.0. The van der Waals surface area contributed by atoms with E-state index in [2.05, 4.69) is 27.3 Å². The van der Waals surface area contributed by atoms with Crippen molar-refractivity contribution in [3.63, 3.8) is 0 Å². The zero-order valence-corrected chi connectivity index (χ0v) is 13.7. The van der Waals surface area contributed by atoms with E-state index in [1.54, 1.807) is 0 Å². The van der Waals surface area contributed by atoms with Crippen LogP contribution in [0, 0.1) is 6.92 Å². The molecule has 6 heteroatoms. The second-order valence-electron chi connectivity index (χ2n) is 5.17. The van der Waals surface area contributed by atoms with Crippen LogP contribution in [0.25, 0.3) is 10.9 Å². The van der Waals surface area contributed by atoms with Gasteiger partial charge in [-0.15, -0.1) is 24.8 Å². The van der Waals surface area contributed by atoms with Crippen LogP contribution in [0.2, 0.25) is 0 Å². The topological polar surface area (TPSA) is 31.1 Å². The Labute approximate surface area is 137 Å². The number of piperazine rings is 1. The molecule has 0 saturated carbocycles. The van der Waals surface area contributed by atoms with Gasteiger partial charge in [0.05, 0.1) is 6.04 Å². The molecule has 1 aliphatic rings. The zero-order valence-electron chi connectivity index (χ0n) is 12.1. The third-order valence-electron chi connectivity index (χ3n) is 4.02. The molecule has 1 atom stereocenters. The molecule has 3 rings (SSSR count). The molecule has 0 radical (unpaired) electrons. The number of H-pyrrole nitrogens is 1. The van der Waals surface area contributed by atoms with Crippen molar-refractivity contribution < 1.29 is 4.39 Å². The lowest BCUT2D eigenvalue weighted by Gasteiger charge is -2.33. The molecule has 1 fully saturated rings. The minimum atomic E-state index is -0.331. The summed E-state index contributed by atoms with van der Waals surface area (Å²) < 4.78 is 13.6. The third kappa shape index (κ3) is 3.51. The maximum absolute atomic E-state index is 13.6. The molecule has 1 saturated heterocycles. The number of aryl methyl sites for hydroxylation is 1. The molecule has 1 aromatic carbocycles. The molecule has 1 aromatic heterocycles. The van der Waals surface area contributed by atoms with Crippen LogP contribution >= 0.6 is 24.8 Å². The maximum Gasteiger partial charge on any atom is 0.109 e. The van der Waals surface area contributed by atoms with Crippen LogP contribution in [0.1, 0.15) is 17.3 Å². The van der Waals surface area contributed by atoms with Crippen LogP contribution < -0.4 is 5.32 Å². The molecule has 118 valence electrons. The van der Waals surface area contributed by atoms with Gasteiger partial charge in [0.2, 0.25) is 0 Å². The van der Waals surface area contributed by atoms with Gasteiger partial charge in [-0.2, -0.15) is 0 Å². The van der Waals surface area contributed by atoms with E-state index in [1.807, 2.05) is 19.1 Å². The highest BCUT2D eigenvalue weighted by Crippen LogP contribution is 2.31. The third-order valence-corrected chi connectivity index (χ3v) is 4.02. The number of hydrogen-bond acceptors (Lipinski definition) is 2. The number of para-hydroxylation sites is 1. The van der Waals surface area contributed by atoms with Gasteiger partial charge in [0.15, 0.2) is 0 Å². The Morgan fingerprint density at radius 2 is 1.86 bits per heavy atom. The number of fused-ring (bicyclic) bond motifs is 1. The SMILES string of the molecule is Cc1[nH]c2ccccc2c1[C@@H](CF)N1CCNCC1.Cl.Cl. The Hall–Kier alpha value is -0.810. The van der Waals surface area contributed by atoms with Gasteiger partial charge in [-0.05, 0) is 13.0 Å². The Bertz CT molecular complexity index is 567. The summed E-state index contributed by atoms with van der Waals surface area (Å²) in [6, 6.07) is 8.04. The van der Waals surface area contributed by atoms with Gasteiger partial charge in [0.1, 0.15) is 6.67 Å². The van der Waals surface area contributed by atoms with E-state index < -0.39 is 0 Å². The van der Waals surface area contributed by atoms with Crippen LogP contribution in [-0.4, -0.2) is 42.7 Å². The molecule has 21 heavy (non-hydrogen) atoms. The zero-order chi connectivity index (χ0) is 13.2. The lowest BCUT2D eigenvalue weighted by Crippen LogP contribution is -2.45. The van der Waals surface area contributed by atoms with Gasteiger partial charge in [-0.25, -0.2) is 4.39 Å². The van der Waals surface area contributed by atoms with Crippen molar-refractivity contribution in [1.82, 2.24) is 15.2 Å². The van der Waals surface area contributed by atoms with Gasteiger partial charge in [0.25, 0.3) is 0 Å². The average Bonchev–Trinajstić information content (AvgIpc) is 2.78. The van der Waals surface area contributed by atoms with Gasteiger partial charge in [-0.3, -0.25) is 4.90 Å². The molecular formula is C15H22Cl2FN3. The summed E-state index contributed by atoms with van der Waals surface area (Å²) in [5.74, 6) is 0. The van der Waals surface area contributed by atoms with Crippen molar-refractivity contribution in [2.24, 2.45) is 0 Å². The molecule has 1 aliphatic heterocycles. The number of halogens is 3. The van der Waals surface area contributed by atoms with E-state index in [0.29, 0.717) is 0 Å². The van der Waals surface area contributed by atoms with E-state index in [0.717, 1.165) is 48.3 Å². The van der Waals surface area contributed by atoms with E-state index >= 15 is 0 Å². The van der Waals surface area contributed by atoms with Crippen LogP contribution in [0.15, 0.2) is 24.3 Å². The second kappa shape index (κ2) is 7.99. The summed E-state index contributed by atoms with van der Waals surface area (Å²) in [4.78, 5) is 5.62. The number of nitrogens with one attached hydrogen (secondary N) is 2. The first kappa shape index (κ1) is 18.2. The van der Waals surface area contributed by atoms with Gasteiger partial charge in [-0.1, -0.05) is 18.2 Å². The highest BCUT2D eigenvalue weighted by Gasteiger charge is 2.26. The number of nitrogens with zero attached hydrogens (tertiary/aromatic N) is 1. The number of aromatic amines is 1. The van der Waals surface area contributed by atoms with Gasteiger partial charge < -0.3 is 10.3 Å². The summed E-state index contributed by atoms with van der Waals surface area (Å²) in [5, 5.41) is 4.47. The molecule has 2 aromatic rings. The Kier molecular flexibility index (Phi) is 6.94. The smallest absolute Gasteiger partial charge is 0.109 e. The summed E-state index contributed by atoms with van der Waals surface area (Å²) in [6.07, 6.45) is 0. The highest BCUT2D eigenvalue weighted by atomic mass is 35.5. The van der Waals surface area contributed by atoms with E-state index in [1.165, 1.54) is 0 Å². The molecule has 0 bridgehead atoms. The summed E-state index contributed by atoms with van der Waals surface area (Å²) in [5.41, 5.74) is 3.31. The van der Waals surface area contributed by atoms with Gasteiger partial charge in [0, 0.05) is 48.3 Å². The predicted octanol–water partition coefficient (Wildman–Crippen LogP) is 3.24. The van der Waals surface area contributed by atoms with Crippen molar-refractivity contribution in [3.05, 3.63) is 35.5 Å². The van der Waals surface area contributed by atoms with Crippen molar-refractivity contribution >= 4 is 35.7 Å². The fourth-order valence-electron chi connectivity index (χ4n) is 3.08. The summed E-state index contributed by atoms with van der Waals surface area (Å²) in [7, 11) is 0. The first-order valence-corrected chi connectivity index (χ1v) is 6.89. The number of rotatable bonds is 3. The number of alkyl halides is 1. The van der Waals surface area contributed by atoms with Crippen LogP contribution in [-0.2, 0) is 0 Å². The highest BCUT2D eigenvalue weighted by molar-refractivity contribution is 5.86. The largest absolute Gasteiger partial charge is 0.358 e. The molecule has 2 heterocycles. The lowest BCUT2D eigenvalue weighted by molar-refractivity contribution is 0.148. The van der Waals surface area contributed by atoms with Crippen molar-refractivity contribution in [3.8, 4) is 0 Å². The molecule has 0 aliphatic carbocycles. The van der Waals surface area contributed by atoms with E-state index in [-0.39, 0.29) is 37.5 Å². The minimum absolute atomic E-state index is 0. The molecule has 2 N–H and O–H groups in total. The average molecular weight is 334 g/mol. The molecule has 3 nitrogen and oxygen atoms in total. The monoisotopic (exact) mass is 333 g/mol. The van der Waals surface area contributed by atoms with E-state index in [9.17, 15) is 4.39 Å². The molecule has 0 unspecified atom stereocenters. The number of hydrogen-bond donors (Lipinski definition) is 2. The Morgan fingerprint density at radius 1 is 1.19 bits per heavy atom. The van der Waals surface area contributed by atoms with Crippen molar-refractivity contribution in [2.45, 2.75) is 13.0 Å². The van der Waals surface area contributed by atoms with Crippen LogP contribution in [0.4, 0.5) is 4.39 Å². The Morgan fingerprint density at radius 3 is 2.52 bits per heavy atom. The summed E-state index contributed by atoms with van der Waals surface area (Å²) in [6.45, 7) is 5.42.